The number of thiophene rings is 1. The van der Waals surface area contributed by atoms with Crippen LogP contribution in [-0.2, 0) is 9.53 Å². The molecular weight excluding hydrogens is 344 g/mol. The van der Waals surface area contributed by atoms with Gasteiger partial charge in [-0.15, -0.1) is 11.3 Å². The van der Waals surface area contributed by atoms with Gasteiger partial charge in [-0.1, -0.05) is 0 Å². The fraction of sp³-hybridized carbons (Fsp3) is 0.176. The van der Waals surface area contributed by atoms with Crippen molar-refractivity contribution in [1.29, 1.82) is 0 Å². The number of hydrogen-bond acceptors (Lipinski definition) is 6. The highest BCUT2D eigenvalue weighted by atomic mass is 32.1. The van der Waals surface area contributed by atoms with Crippen molar-refractivity contribution >= 4 is 40.7 Å². The lowest BCUT2D eigenvalue weighted by atomic mass is 10.1. The number of carbonyl (C=O) groups is 4. The smallest absolute Gasteiger partial charge is 0.348 e. The van der Waals surface area contributed by atoms with Crippen LogP contribution in [0, 0.1) is 6.92 Å². The number of amides is 3. The number of aryl methyl sites for hydroxylation is 1. The van der Waals surface area contributed by atoms with E-state index in [0.29, 0.717) is 16.1 Å². The molecule has 1 aliphatic heterocycles. The molecule has 1 aliphatic rings. The zero-order chi connectivity index (χ0) is 18.1. The summed E-state index contributed by atoms with van der Waals surface area (Å²) in [5.41, 5.74) is 0.879. The summed E-state index contributed by atoms with van der Waals surface area (Å²) in [6, 6.07) is 7.86. The molecule has 3 amide bonds. The molecule has 7 nitrogen and oxygen atoms in total. The second-order valence-corrected chi connectivity index (χ2v) is 6.75. The number of fused-ring (bicyclic) bond motifs is 1. The molecule has 2 aromatic rings. The predicted octanol–water partition coefficient (Wildman–Crippen LogP) is 2.08. The summed E-state index contributed by atoms with van der Waals surface area (Å²) in [4.78, 5) is 49.9. The molecule has 0 saturated carbocycles. The van der Waals surface area contributed by atoms with Crippen LogP contribution in [0.5, 0.6) is 0 Å². The van der Waals surface area contributed by atoms with Crippen LogP contribution in [0.4, 0.5) is 5.69 Å². The minimum Gasteiger partial charge on any atom is -0.451 e. The van der Waals surface area contributed by atoms with Gasteiger partial charge < -0.3 is 10.1 Å². The Morgan fingerprint density at radius 3 is 2.52 bits per heavy atom. The standard InChI is InChI=1S/C17H14N2O5S/c1-9-3-6-13(25-9)17(23)24-8-14(20)18-10-4-5-11-12(7-10)16(22)19(2)15(11)21/h3-7H,8H2,1-2H3,(H,18,20). The molecule has 0 radical (unpaired) electrons. The van der Waals surface area contributed by atoms with Crippen LogP contribution in [0.15, 0.2) is 30.3 Å². The van der Waals surface area contributed by atoms with Gasteiger partial charge in [-0.25, -0.2) is 4.79 Å². The number of nitrogens with one attached hydrogen (secondary N) is 1. The molecule has 0 unspecified atom stereocenters. The number of nitrogens with zero attached hydrogens (tertiary/aromatic N) is 1. The highest BCUT2D eigenvalue weighted by Crippen LogP contribution is 2.24. The van der Waals surface area contributed by atoms with Gasteiger partial charge in [-0.05, 0) is 37.3 Å². The van der Waals surface area contributed by atoms with E-state index in [1.165, 1.54) is 36.6 Å². The molecule has 2 heterocycles. The van der Waals surface area contributed by atoms with E-state index in [0.717, 1.165) is 9.78 Å². The fourth-order valence-electron chi connectivity index (χ4n) is 2.38. The Bertz CT molecular complexity index is 902. The van der Waals surface area contributed by atoms with E-state index in [1.54, 1.807) is 12.1 Å². The number of esters is 1. The highest BCUT2D eigenvalue weighted by Gasteiger charge is 2.32. The Morgan fingerprint density at radius 2 is 1.84 bits per heavy atom. The van der Waals surface area contributed by atoms with Gasteiger partial charge in [0.05, 0.1) is 11.1 Å². The summed E-state index contributed by atoms with van der Waals surface area (Å²) in [5, 5.41) is 2.54. The normalized spacial score (nSPS) is 13.0. The summed E-state index contributed by atoms with van der Waals surface area (Å²) in [6.07, 6.45) is 0. The number of hydrogen-bond donors (Lipinski definition) is 1. The van der Waals surface area contributed by atoms with Crippen LogP contribution >= 0.6 is 11.3 Å². The Hall–Kier alpha value is -3.00. The molecule has 0 bridgehead atoms. The van der Waals surface area contributed by atoms with Crippen molar-refractivity contribution in [2.24, 2.45) is 0 Å². The molecular formula is C17H14N2O5S. The van der Waals surface area contributed by atoms with Crippen LogP contribution in [0.3, 0.4) is 0 Å². The zero-order valence-electron chi connectivity index (χ0n) is 13.5. The van der Waals surface area contributed by atoms with Gasteiger partial charge in [0.25, 0.3) is 17.7 Å². The van der Waals surface area contributed by atoms with Crippen LogP contribution in [0.1, 0.15) is 35.3 Å². The molecule has 128 valence electrons. The van der Waals surface area contributed by atoms with E-state index >= 15 is 0 Å². The minimum absolute atomic E-state index is 0.233. The Balaban J connectivity index is 1.62. The maximum absolute atomic E-state index is 11.9. The first-order valence-electron chi connectivity index (χ1n) is 7.36. The van der Waals surface area contributed by atoms with Gasteiger partial charge in [0.2, 0.25) is 0 Å². The Morgan fingerprint density at radius 1 is 1.12 bits per heavy atom. The van der Waals surface area contributed by atoms with Gasteiger partial charge in [0, 0.05) is 17.6 Å². The van der Waals surface area contributed by atoms with E-state index in [1.807, 2.05) is 6.92 Å². The molecule has 1 aromatic heterocycles. The minimum atomic E-state index is -0.565. The molecule has 0 fully saturated rings. The van der Waals surface area contributed by atoms with Gasteiger partial charge >= 0.3 is 5.97 Å². The quantitative estimate of drug-likeness (QED) is 0.667. The van der Waals surface area contributed by atoms with Gasteiger partial charge in [0.1, 0.15) is 4.88 Å². The van der Waals surface area contributed by atoms with E-state index in [2.05, 4.69) is 5.32 Å². The monoisotopic (exact) mass is 358 g/mol. The number of benzene rings is 1. The zero-order valence-corrected chi connectivity index (χ0v) is 14.3. The average Bonchev–Trinajstić information content (AvgIpc) is 3.11. The van der Waals surface area contributed by atoms with Crippen molar-refractivity contribution in [3.63, 3.8) is 0 Å². The van der Waals surface area contributed by atoms with Crippen LogP contribution in [-0.4, -0.2) is 42.2 Å². The second kappa shape index (κ2) is 6.48. The summed E-state index contributed by atoms with van der Waals surface area (Å²) < 4.78 is 4.95. The van der Waals surface area contributed by atoms with Crippen LogP contribution < -0.4 is 5.32 Å². The second-order valence-electron chi connectivity index (χ2n) is 5.46. The Kier molecular flexibility index (Phi) is 4.37. The van der Waals surface area contributed by atoms with Crippen molar-refractivity contribution in [2.45, 2.75) is 6.92 Å². The van der Waals surface area contributed by atoms with E-state index < -0.39 is 24.4 Å². The number of ether oxygens (including phenoxy) is 1. The van der Waals surface area contributed by atoms with Gasteiger partial charge in [-0.2, -0.15) is 0 Å². The van der Waals surface area contributed by atoms with Crippen molar-refractivity contribution in [3.05, 3.63) is 51.2 Å². The summed E-state index contributed by atoms with van der Waals surface area (Å²) in [6.45, 7) is 1.42. The predicted molar refractivity (Wildman–Crippen MR) is 90.8 cm³/mol. The van der Waals surface area contributed by atoms with E-state index in [-0.39, 0.29) is 11.5 Å². The Labute approximate surface area is 147 Å². The molecule has 0 spiro atoms. The first-order valence-corrected chi connectivity index (χ1v) is 8.18. The maximum atomic E-state index is 11.9. The number of anilines is 1. The van der Waals surface area contributed by atoms with Crippen LogP contribution in [0.25, 0.3) is 0 Å². The molecule has 0 saturated heterocycles. The number of imide groups is 1. The van der Waals surface area contributed by atoms with Crippen molar-refractivity contribution in [3.8, 4) is 0 Å². The first kappa shape index (κ1) is 16.8. The van der Waals surface area contributed by atoms with E-state index in [4.69, 9.17) is 4.74 Å². The molecule has 25 heavy (non-hydrogen) atoms. The highest BCUT2D eigenvalue weighted by molar-refractivity contribution is 7.13. The first-order chi connectivity index (χ1) is 11.9. The molecule has 1 N–H and O–H groups in total. The lowest BCUT2D eigenvalue weighted by Gasteiger charge is -2.07. The van der Waals surface area contributed by atoms with Gasteiger partial charge in [-0.3, -0.25) is 19.3 Å². The van der Waals surface area contributed by atoms with Crippen LogP contribution in [0.2, 0.25) is 0 Å². The third kappa shape index (κ3) is 3.29. The maximum Gasteiger partial charge on any atom is 0.348 e. The van der Waals surface area contributed by atoms with Crippen molar-refractivity contribution in [2.75, 3.05) is 19.0 Å². The van der Waals surface area contributed by atoms with Gasteiger partial charge in [0.15, 0.2) is 6.61 Å². The number of carbonyl (C=O) groups excluding carboxylic acids is 4. The molecule has 0 atom stereocenters. The molecule has 0 aliphatic carbocycles. The summed E-state index contributed by atoms with van der Waals surface area (Å²) in [5.74, 6) is -1.90. The molecule has 8 heteroatoms. The lowest BCUT2D eigenvalue weighted by Crippen LogP contribution is -2.24. The summed E-state index contributed by atoms with van der Waals surface area (Å²) in [7, 11) is 1.40. The topological polar surface area (TPSA) is 92.8 Å². The largest absolute Gasteiger partial charge is 0.451 e. The van der Waals surface area contributed by atoms with E-state index in [9.17, 15) is 19.2 Å². The van der Waals surface area contributed by atoms with Crippen molar-refractivity contribution in [1.82, 2.24) is 4.90 Å². The lowest BCUT2D eigenvalue weighted by molar-refractivity contribution is -0.119. The molecule has 1 aromatic carbocycles. The average molecular weight is 358 g/mol. The van der Waals surface area contributed by atoms with Crippen molar-refractivity contribution < 1.29 is 23.9 Å². The number of rotatable bonds is 4. The summed E-state index contributed by atoms with van der Waals surface area (Å²) >= 11 is 1.29. The SMILES string of the molecule is Cc1ccc(C(=O)OCC(=O)Nc2ccc3c(c2)C(=O)N(C)C3=O)s1. The third-order valence-electron chi connectivity index (χ3n) is 3.65. The third-order valence-corrected chi connectivity index (χ3v) is 4.63. The fourth-order valence-corrected chi connectivity index (χ4v) is 3.14. The molecule has 3 rings (SSSR count).